The van der Waals surface area contributed by atoms with Crippen LogP contribution in [0, 0.1) is 5.92 Å². The van der Waals surface area contributed by atoms with E-state index in [1.54, 1.807) is 12.3 Å². The van der Waals surface area contributed by atoms with E-state index < -0.39 is 0 Å². The van der Waals surface area contributed by atoms with Gasteiger partial charge in [-0.2, -0.15) is 0 Å². The maximum Gasteiger partial charge on any atom is 0.274 e. The van der Waals surface area contributed by atoms with E-state index in [0.29, 0.717) is 23.0 Å². The Hall–Kier alpha value is -2.56. The SMILES string of the molecule is CC(C)CNc1ccnc(C(=O)Nc2ccccc2OC(C)C)c1. The minimum Gasteiger partial charge on any atom is -0.489 e. The highest BCUT2D eigenvalue weighted by molar-refractivity contribution is 6.04. The van der Waals surface area contributed by atoms with Crippen molar-refractivity contribution in [2.24, 2.45) is 5.92 Å². The van der Waals surface area contributed by atoms with Crippen LogP contribution in [0.25, 0.3) is 0 Å². The van der Waals surface area contributed by atoms with Crippen LogP contribution >= 0.6 is 0 Å². The van der Waals surface area contributed by atoms with Crippen LogP contribution in [-0.4, -0.2) is 23.5 Å². The molecule has 0 spiro atoms. The Morgan fingerprint density at radius 1 is 1.17 bits per heavy atom. The number of pyridine rings is 1. The van der Waals surface area contributed by atoms with E-state index in [0.717, 1.165) is 12.2 Å². The van der Waals surface area contributed by atoms with Gasteiger partial charge in [-0.05, 0) is 44.0 Å². The number of nitrogens with one attached hydrogen (secondary N) is 2. The summed E-state index contributed by atoms with van der Waals surface area (Å²) in [5.74, 6) is 0.911. The van der Waals surface area contributed by atoms with E-state index in [9.17, 15) is 4.79 Å². The van der Waals surface area contributed by atoms with Gasteiger partial charge < -0.3 is 15.4 Å². The molecule has 5 heteroatoms. The van der Waals surface area contributed by atoms with Gasteiger partial charge in [0.05, 0.1) is 11.8 Å². The van der Waals surface area contributed by atoms with E-state index in [-0.39, 0.29) is 12.0 Å². The van der Waals surface area contributed by atoms with Crippen molar-refractivity contribution >= 4 is 17.3 Å². The van der Waals surface area contributed by atoms with Gasteiger partial charge in [-0.3, -0.25) is 9.78 Å². The number of hydrogen-bond acceptors (Lipinski definition) is 4. The van der Waals surface area contributed by atoms with Crippen molar-refractivity contribution in [3.63, 3.8) is 0 Å². The highest BCUT2D eigenvalue weighted by atomic mass is 16.5. The molecule has 0 saturated heterocycles. The second kappa shape index (κ2) is 8.34. The summed E-state index contributed by atoms with van der Waals surface area (Å²) in [4.78, 5) is 16.6. The first-order valence-corrected chi connectivity index (χ1v) is 8.22. The van der Waals surface area contributed by atoms with Crippen molar-refractivity contribution in [2.45, 2.75) is 33.8 Å². The molecule has 1 aromatic heterocycles. The molecule has 5 nitrogen and oxygen atoms in total. The van der Waals surface area contributed by atoms with E-state index in [2.05, 4.69) is 29.5 Å². The highest BCUT2D eigenvalue weighted by Crippen LogP contribution is 2.25. The van der Waals surface area contributed by atoms with Gasteiger partial charge in [-0.15, -0.1) is 0 Å². The van der Waals surface area contributed by atoms with Crippen LogP contribution in [0.15, 0.2) is 42.6 Å². The number of hydrogen-bond donors (Lipinski definition) is 2. The fourth-order valence-corrected chi connectivity index (χ4v) is 2.10. The fourth-order valence-electron chi connectivity index (χ4n) is 2.10. The number of anilines is 2. The smallest absolute Gasteiger partial charge is 0.274 e. The fraction of sp³-hybridized carbons (Fsp3) is 0.368. The van der Waals surface area contributed by atoms with Crippen LogP contribution in [0.4, 0.5) is 11.4 Å². The predicted octanol–water partition coefficient (Wildman–Crippen LogP) is 4.19. The Balaban J connectivity index is 2.11. The van der Waals surface area contributed by atoms with Crippen LogP contribution < -0.4 is 15.4 Å². The standard InChI is InChI=1S/C19H25N3O2/c1-13(2)12-21-15-9-10-20-17(11-15)19(23)22-16-7-5-6-8-18(16)24-14(3)4/h5-11,13-14H,12H2,1-4H3,(H,20,21)(H,22,23). The van der Waals surface area contributed by atoms with Crippen LogP contribution in [0.1, 0.15) is 38.2 Å². The van der Waals surface area contributed by atoms with Gasteiger partial charge in [0.1, 0.15) is 11.4 Å². The number of ether oxygens (including phenoxy) is 1. The summed E-state index contributed by atoms with van der Waals surface area (Å²) < 4.78 is 5.72. The molecule has 0 aliphatic heterocycles. The number of aromatic nitrogens is 1. The number of nitrogens with zero attached hydrogens (tertiary/aromatic N) is 1. The van der Waals surface area contributed by atoms with Crippen molar-refractivity contribution in [2.75, 3.05) is 17.2 Å². The van der Waals surface area contributed by atoms with Crippen LogP contribution in [0.3, 0.4) is 0 Å². The lowest BCUT2D eigenvalue weighted by molar-refractivity contribution is 0.102. The number of amides is 1. The molecule has 1 amide bonds. The number of benzene rings is 1. The first-order chi connectivity index (χ1) is 11.5. The highest BCUT2D eigenvalue weighted by Gasteiger charge is 2.12. The van der Waals surface area contributed by atoms with Crippen LogP contribution in [0.2, 0.25) is 0 Å². The molecule has 2 N–H and O–H groups in total. The Bertz CT molecular complexity index is 684. The van der Waals surface area contributed by atoms with Crippen molar-refractivity contribution in [3.05, 3.63) is 48.3 Å². The van der Waals surface area contributed by atoms with E-state index >= 15 is 0 Å². The topological polar surface area (TPSA) is 63.2 Å². The van der Waals surface area contributed by atoms with Crippen molar-refractivity contribution in [1.82, 2.24) is 4.98 Å². The molecule has 0 radical (unpaired) electrons. The van der Waals surface area contributed by atoms with Crippen LogP contribution in [-0.2, 0) is 0 Å². The van der Waals surface area contributed by atoms with Crippen molar-refractivity contribution in [3.8, 4) is 5.75 Å². The monoisotopic (exact) mass is 327 g/mol. The maximum atomic E-state index is 12.5. The van der Waals surface area contributed by atoms with Gasteiger partial charge in [0.25, 0.3) is 5.91 Å². The van der Waals surface area contributed by atoms with Crippen molar-refractivity contribution in [1.29, 1.82) is 0 Å². The molecule has 24 heavy (non-hydrogen) atoms. The van der Waals surface area contributed by atoms with Crippen molar-refractivity contribution < 1.29 is 9.53 Å². The minimum atomic E-state index is -0.261. The number of carbonyl (C=O) groups is 1. The minimum absolute atomic E-state index is 0.0322. The summed E-state index contributed by atoms with van der Waals surface area (Å²) in [5.41, 5.74) is 1.89. The predicted molar refractivity (Wildman–Crippen MR) is 97.7 cm³/mol. The molecular weight excluding hydrogens is 302 g/mol. The Morgan fingerprint density at radius 2 is 1.92 bits per heavy atom. The second-order valence-electron chi connectivity index (χ2n) is 6.32. The summed E-state index contributed by atoms with van der Waals surface area (Å²) in [7, 11) is 0. The molecule has 0 aliphatic rings. The summed E-state index contributed by atoms with van der Waals surface area (Å²) in [6, 6.07) is 11.0. The van der Waals surface area contributed by atoms with E-state index in [1.165, 1.54) is 0 Å². The Morgan fingerprint density at radius 3 is 2.62 bits per heavy atom. The number of para-hydroxylation sites is 2. The first kappa shape index (κ1) is 17.8. The molecule has 2 rings (SSSR count). The molecule has 1 aromatic carbocycles. The molecule has 0 unspecified atom stereocenters. The quantitative estimate of drug-likeness (QED) is 0.800. The molecule has 1 heterocycles. The zero-order chi connectivity index (χ0) is 17.5. The largest absolute Gasteiger partial charge is 0.489 e. The summed E-state index contributed by atoms with van der Waals surface area (Å²) in [6.45, 7) is 9.01. The van der Waals surface area contributed by atoms with Gasteiger partial charge in [-0.1, -0.05) is 26.0 Å². The normalized spacial score (nSPS) is 10.8. The zero-order valence-electron chi connectivity index (χ0n) is 14.7. The number of rotatable bonds is 7. The van der Waals surface area contributed by atoms with E-state index in [1.807, 2.05) is 44.2 Å². The van der Waals surface area contributed by atoms with Gasteiger partial charge in [0, 0.05) is 18.4 Å². The summed E-state index contributed by atoms with van der Waals surface area (Å²) in [5, 5.41) is 6.17. The lowest BCUT2D eigenvalue weighted by Crippen LogP contribution is -2.16. The average molecular weight is 327 g/mol. The second-order valence-corrected chi connectivity index (χ2v) is 6.32. The molecule has 2 aromatic rings. The molecule has 0 bridgehead atoms. The third-order valence-corrected chi connectivity index (χ3v) is 3.20. The van der Waals surface area contributed by atoms with Gasteiger partial charge in [0.15, 0.2) is 0 Å². The first-order valence-electron chi connectivity index (χ1n) is 8.22. The molecule has 0 aliphatic carbocycles. The lowest BCUT2D eigenvalue weighted by Gasteiger charge is -2.15. The average Bonchev–Trinajstić information content (AvgIpc) is 2.54. The third-order valence-electron chi connectivity index (χ3n) is 3.20. The van der Waals surface area contributed by atoms with E-state index in [4.69, 9.17) is 4.74 Å². The summed E-state index contributed by atoms with van der Waals surface area (Å²) in [6.07, 6.45) is 1.67. The van der Waals surface area contributed by atoms with Gasteiger partial charge in [-0.25, -0.2) is 0 Å². The molecule has 0 saturated carbocycles. The van der Waals surface area contributed by atoms with Crippen LogP contribution in [0.5, 0.6) is 5.75 Å². The van der Waals surface area contributed by atoms with Gasteiger partial charge >= 0.3 is 0 Å². The molecule has 0 atom stereocenters. The Kier molecular flexibility index (Phi) is 6.18. The zero-order valence-corrected chi connectivity index (χ0v) is 14.7. The van der Waals surface area contributed by atoms with Gasteiger partial charge in [0.2, 0.25) is 0 Å². The summed E-state index contributed by atoms with van der Waals surface area (Å²) >= 11 is 0. The lowest BCUT2D eigenvalue weighted by atomic mass is 10.2. The number of carbonyl (C=O) groups excluding carboxylic acids is 1. The third kappa shape index (κ3) is 5.26. The Labute approximate surface area is 143 Å². The molecule has 0 fully saturated rings. The molecular formula is C19H25N3O2. The maximum absolute atomic E-state index is 12.5. The molecule has 128 valence electrons.